The van der Waals surface area contributed by atoms with E-state index < -0.39 is 14.6 Å². The van der Waals surface area contributed by atoms with Gasteiger partial charge in [-0.2, -0.15) is 5.26 Å². The summed E-state index contributed by atoms with van der Waals surface area (Å²) in [7, 11) is -2.24. The third-order valence-electron chi connectivity index (χ3n) is 1.14. The largest absolute Gasteiger partial charge is 0.363 e. The SMILES string of the molecule is CCOC(C#N)CCONP(O)O. The Morgan fingerprint density at radius 1 is 1.62 bits per heavy atom. The molecule has 3 N–H and O–H groups in total. The maximum absolute atomic E-state index is 8.52. The highest BCUT2D eigenvalue weighted by molar-refractivity contribution is 7.42. The molecule has 0 spiro atoms. The molecular formula is C6H13N2O4P. The molecule has 0 aromatic carbocycles. The number of nitrogens with zero attached hydrogens (tertiary/aromatic N) is 1. The number of hydrogen-bond donors (Lipinski definition) is 3. The van der Waals surface area contributed by atoms with Crippen molar-refractivity contribution in [3.8, 4) is 6.07 Å². The van der Waals surface area contributed by atoms with E-state index in [0.29, 0.717) is 13.0 Å². The zero-order chi connectivity index (χ0) is 10.1. The molecule has 0 bridgehead atoms. The van der Waals surface area contributed by atoms with Crippen LogP contribution >= 0.6 is 8.53 Å². The van der Waals surface area contributed by atoms with Crippen LogP contribution in [0.3, 0.4) is 0 Å². The normalized spacial score (nSPS) is 12.8. The van der Waals surface area contributed by atoms with Gasteiger partial charge in [0, 0.05) is 13.0 Å². The summed E-state index contributed by atoms with van der Waals surface area (Å²) < 4.78 is 5.01. The fourth-order valence-corrected chi connectivity index (χ4v) is 0.862. The molecule has 0 rings (SSSR count). The Morgan fingerprint density at radius 2 is 2.31 bits per heavy atom. The highest BCUT2D eigenvalue weighted by Gasteiger charge is 2.06. The quantitative estimate of drug-likeness (QED) is 0.310. The van der Waals surface area contributed by atoms with Crippen LogP contribution in [-0.4, -0.2) is 29.1 Å². The molecule has 7 heteroatoms. The predicted molar refractivity (Wildman–Crippen MR) is 46.1 cm³/mol. The van der Waals surface area contributed by atoms with Gasteiger partial charge >= 0.3 is 0 Å². The van der Waals surface area contributed by atoms with E-state index in [-0.39, 0.29) is 6.61 Å². The van der Waals surface area contributed by atoms with Crippen LogP contribution in [0.15, 0.2) is 0 Å². The molecule has 0 aliphatic carbocycles. The van der Waals surface area contributed by atoms with Gasteiger partial charge in [-0.25, -0.2) is 0 Å². The van der Waals surface area contributed by atoms with Gasteiger partial charge in [0.1, 0.15) is 6.10 Å². The molecule has 6 nitrogen and oxygen atoms in total. The van der Waals surface area contributed by atoms with Crippen LogP contribution in [0.4, 0.5) is 0 Å². The van der Waals surface area contributed by atoms with Gasteiger partial charge in [0.25, 0.3) is 8.53 Å². The predicted octanol–water partition coefficient (Wildman–Crippen LogP) is 0.0379. The summed E-state index contributed by atoms with van der Waals surface area (Å²) in [5, 5.41) is 10.5. The fraction of sp³-hybridized carbons (Fsp3) is 0.833. The molecule has 0 heterocycles. The number of nitrogens with one attached hydrogen (secondary N) is 1. The highest BCUT2D eigenvalue weighted by atomic mass is 31.2. The second-order valence-electron chi connectivity index (χ2n) is 2.09. The molecule has 0 aliphatic rings. The zero-order valence-electron chi connectivity index (χ0n) is 7.30. The van der Waals surface area contributed by atoms with Gasteiger partial charge in [-0.1, -0.05) is 0 Å². The van der Waals surface area contributed by atoms with Crippen molar-refractivity contribution in [1.29, 1.82) is 5.26 Å². The first-order chi connectivity index (χ1) is 6.20. The summed E-state index contributed by atoms with van der Waals surface area (Å²) in [6, 6.07) is 1.94. The van der Waals surface area contributed by atoms with Crippen LogP contribution in [0, 0.1) is 11.3 Å². The number of nitriles is 1. The monoisotopic (exact) mass is 208 g/mol. The molecule has 13 heavy (non-hydrogen) atoms. The number of rotatable bonds is 7. The van der Waals surface area contributed by atoms with E-state index in [2.05, 4.69) is 4.84 Å². The first kappa shape index (κ1) is 12.7. The van der Waals surface area contributed by atoms with Gasteiger partial charge < -0.3 is 14.5 Å². The summed E-state index contributed by atoms with van der Waals surface area (Å²) in [4.78, 5) is 21.4. The Labute approximate surface area is 78.0 Å². The Hall–Kier alpha value is -0.280. The molecule has 1 unspecified atom stereocenters. The molecule has 1 atom stereocenters. The van der Waals surface area contributed by atoms with Crippen molar-refractivity contribution >= 4 is 8.53 Å². The molecule has 0 aromatic rings. The van der Waals surface area contributed by atoms with E-state index in [4.69, 9.17) is 19.8 Å². The van der Waals surface area contributed by atoms with E-state index in [1.165, 1.54) is 0 Å². The molecular weight excluding hydrogens is 195 g/mol. The van der Waals surface area contributed by atoms with Crippen LogP contribution in [-0.2, 0) is 9.57 Å². The van der Waals surface area contributed by atoms with Crippen LogP contribution < -0.4 is 5.25 Å². The summed E-state index contributed by atoms with van der Waals surface area (Å²) in [6.45, 7) is 2.46. The smallest absolute Gasteiger partial charge is 0.275 e. The Balaban J connectivity index is 3.34. The van der Waals surface area contributed by atoms with Gasteiger partial charge in [-0.15, -0.1) is 5.25 Å². The Morgan fingerprint density at radius 3 is 2.77 bits per heavy atom. The van der Waals surface area contributed by atoms with Crippen molar-refractivity contribution in [2.45, 2.75) is 19.4 Å². The van der Waals surface area contributed by atoms with Gasteiger partial charge in [0.05, 0.1) is 12.7 Å². The molecule has 0 aromatic heterocycles. The van der Waals surface area contributed by atoms with Crippen LogP contribution in [0.5, 0.6) is 0 Å². The lowest BCUT2D eigenvalue weighted by atomic mass is 10.3. The molecule has 0 saturated heterocycles. The molecule has 0 saturated carbocycles. The average Bonchev–Trinajstić information content (AvgIpc) is 2.10. The van der Waals surface area contributed by atoms with Crippen LogP contribution in [0.1, 0.15) is 13.3 Å². The zero-order valence-corrected chi connectivity index (χ0v) is 8.20. The first-order valence-corrected chi connectivity index (χ1v) is 5.02. The maximum atomic E-state index is 8.52. The van der Waals surface area contributed by atoms with Crippen molar-refractivity contribution in [3.05, 3.63) is 0 Å². The van der Waals surface area contributed by atoms with Crippen LogP contribution in [0.25, 0.3) is 0 Å². The van der Waals surface area contributed by atoms with Gasteiger partial charge in [-0.3, -0.25) is 4.84 Å². The minimum Gasteiger partial charge on any atom is -0.363 e. The van der Waals surface area contributed by atoms with Gasteiger partial charge in [-0.05, 0) is 6.92 Å². The first-order valence-electron chi connectivity index (χ1n) is 3.77. The van der Waals surface area contributed by atoms with Crippen molar-refractivity contribution in [2.75, 3.05) is 13.2 Å². The second kappa shape index (κ2) is 8.32. The van der Waals surface area contributed by atoms with Crippen molar-refractivity contribution in [1.82, 2.24) is 5.25 Å². The molecule has 0 fully saturated rings. The van der Waals surface area contributed by atoms with E-state index in [9.17, 15) is 0 Å². The topological polar surface area (TPSA) is 94.7 Å². The Kier molecular flexibility index (Phi) is 8.14. The third-order valence-corrected chi connectivity index (χ3v) is 1.43. The average molecular weight is 208 g/mol. The summed E-state index contributed by atoms with van der Waals surface area (Å²) in [5.41, 5.74) is 0. The number of hydrogen-bond acceptors (Lipinski definition) is 6. The third kappa shape index (κ3) is 8.06. The lowest BCUT2D eigenvalue weighted by Gasteiger charge is -2.09. The van der Waals surface area contributed by atoms with E-state index in [1.54, 1.807) is 6.92 Å². The summed E-state index contributed by atoms with van der Waals surface area (Å²) in [6.07, 6.45) is -0.115. The van der Waals surface area contributed by atoms with Gasteiger partial charge in [0.15, 0.2) is 0 Å². The molecule has 0 amide bonds. The van der Waals surface area contributed by atoms with E-state index >= 15 is 0 Å². The summed E-state index contributed by atoms with van der Waals surface area (Å²) >= 11 is 0. The lowest BCUT2D eigenvalue weighted by molar-refractivity contribution is 0.0356. The second-order valence-corrected chi connectivity index (χ2v) is 2.85. The van der Waals surface area contributed by atoms with E-state index in [1.807, 2.05) is 11.3 Å². The Bertz CT molecular complexity index is 161. The van der Waals surface area contributed by atoms with Crippen molar-refractivity contribution in [2.24, 2.45) is 0 Å². The van der Waals surface area contributed by atoms with Gasteiger partial charge in [0.2, 0.25) is 0 Å². The summed E-state index contributed by atoms with van der Waals surface area (Å²) in [5.74, 6) is 0. The van der Waals surface area contributed by atoms with Crippen molar-refractivity contribution in [3.63, 3.8) is 0 Å². The molecule has 0 aliphatic heterocycles. The minimum atomic E-state index is -2.24. The van der Waals surface area contributed by atoms with Crippen molar-refractivity contribution < 1.29 is 19.4 Å². The van der Waals surface area contributed by atoms with Crippen LogP contribution in [0.2, 0.25) is 0 Å². The highest BCUT2D eigenvalue weighted by Crippen LogP contribution is 2.14. The maximum Gasteiger partial charge on any atom is 0.275 e. The minimum absolute atomic E-state index is 0.193. The van der Waals surface area contributed by atoms with E-state index in [0.717, 1.165) is 0 Å². The molecule has 76 valence electrons. The fourth-order valence-electron chi connectivity index (χ4n) is 0.656. The standard InChI is InChI=1S/C6H13N2O4P/c1-2-11-6(5-7)3-4-12-8-13(9)10/h6,8-10H,2-4H2,1H3. The lowest BCUT2D eigenvalue weighted by Crippen LogP contribution is -2.16. The number of ether oxygens (including phenoxy) is 1. The molecule has 0 radical (unpaired) electrons.